The third-order valence-corrected chi connectivity index (χ3v) is 3.44. The maximum Gasteiger partial charge on any atom is 0.421 e. The zero-order valence-corrected chi connectivity index (χ0v) is 12.5. The molecule has 0 atom stereocenters. The van der Waals surface area contributed by atoms with Crippen molar-refractivity contribution in [3.05, 3.63) is 51.2 Å². The van der Waals surface area contributed by atoms with Crippen molar-refractivity contribution in [2.45, 2.75) is 6.18 Å². The fraction of sp³-hybridized carbons (Fsp3) is 0.0769. The summed E-state index contributed by atoms with van der Waals surface area (Å²) in [4.78, 5) is 14.8. The minimum atomic E-state index is -4.58. The molecule has 110 valence electrons. The number of carbonyl (C=O) groups excluding carboxylic acids is 1. The van der Waals surface area contributed by atoms with E-state index < -0.39 is 23.5 Å². The molecule has 1 aromatic heterocycles. The number of alkyl halides is 3. The van der Waals surface area contributed by atoms with Gasteiger partial charge in [-0.05, 0) is 52.9 Å². The number of benzene rings is 1. The highest BCUT2D eigenvalue weighted by Gasteiger charge is 2.35. The zero-order valence-electron chi connectivity index (χ0n) is 10.3. The van der Waals surface area contributed by atoms with Crippen LogP contribution in [0.1, 0.15) is 15.9 Å². The maximum absolute atomic E-state index is 12.8. The van der Waals surface area contributed by atoms with E-state index in [0.717, 1.165) is 6.07 Å². The monoisotopic (exact) mass is 408 g/mol. The summed E-state index contributed by atoms with van der Waals surface area (Å²) < 4.78 is 44.2. The van der Waals surface area contributed by atoms with Crippen molar-refractivity contribution in [2.75, 3.05) is 0 Å². The molecule has 8 heteroatoms. The van der Waals surface area contributed by atoms with Crippen LogP contribution in [0.3, 0.4) is 0 Å². The third kappa shape index (κ3) is 3.63. The van der Waals surface area contributed by atoms with E-state index in [4.69, 9.17) is 10.5 Å². The van der Waals surface area contributed by atoms with E-state index >= 15 is 0 Å². The number of ether oxygens (including phenoxy) is 1. The SMILES string of the molecule is NC(=O)c1cc(Oc2ncccc2C(F)(F)F)ccc1I. The van der Waals surface area contributed by atoms with Gasteiger partial charge in [0.25, 0.3) is 0 Å². The molecule has 0 aliphatic carbocycles. The lowest BCUT2D eigenvalue weighted by molar-refractivity contribution is -0.138. The van der Waals surface area contributed by atoms with E-state index in [2.05, 4.69) is 4.98 Å². The quantitative estimate of drug-likeness (QED) is 0.790. The number of hydrogen-bond donors (Lipinski definition) is 1. The van der Waals surface area contributed by atoms with Crippen LogP contribution in [0.2, 0.25) is 0 Å². The normalized spacial score (nSPS) is 11.2. The van der Waals surface area contributed by atoms with Crippen LogP contribution in [0, 0.1) is 3.57 Å². The van der Waals surface area contributed by atoms with Gasteiger partial charge in [0, 0.05) is 9.77 Å². The van der Waals surface area contributed by atoms with E-state index in [-0.39, 0.29) is 11.3 Å². The summed E-state index contributed by atoms with van der Waals surface area (Å²) in [6.07, 6.45) is -3.40. The Bertz CT molecular complexity index is 689. The van der Waals surface area contributed by atoms with Crippen molar-refractivity contribution in [3.63, 3.8) is 0 Å². The first-order valence-corrected chi connectivity index (χ1v) is 6.66. The molecular formula is C13H8F3IN2O2. The molecule has 0 unspecified atom stereocenters. The van der Waals surface area contributed by atoms with E-state index in [0.29, 0.717) is 3.57 Å². The van der Waals surface area contributed by atoms with Gasteiger partial charge in [-0.25, -0.2) is 4.98 Å². The van der Waals surface area contributed by atoms with Gasteiger partial charge >= 0.3 is 6.18 Å². The van der Waals surface area contributed by atoms with Crippen molar-refractivity contribution in [1.29, 1.82) is 0 Å². The number of carbonyl (C=O) groups is 1. The first-order valence-electron chi connectivity index (χ1n) is 5.58. The Morgan fingerprint density at radius 1 is 1.29 bits per heavy atom. The van der Waals surface area contributed by atoms with Crippen LogP contribution >= 0.6 is 22.6 Å². The standard InChI is InChI=1S/C13H8F3IN2O2/c14-13(15,16)9-2-1-5-19-12(9)21-7-3-4-10(17)8(6-7)11(18)20/h1-6H,(H2,18,20). The Hall–Kier alpha value is -1.84. The summed E-state index contributed by atoms with van der Waals surface area (Å²) in [6.45, 7) is 0. The van der Waals surface area contributed by atoms with Crippen LogP contribution in [0.4, 0.5) is 13.2 Å². The van der Waals surface area contributed by atoms with Gasteiger partial charge in [-0.2, -0.15) is 13.2 Å². The zero-order chi connectivity index (χ0) is 15.6. The first-order chi connectivity index (χ1) is 9.79. The number of amides is 1. The summed E-state index contributed by atoms with van der Waals surface area (Å²) >= 11 is 1.89. The fourth-order valence-corrected chi connectivity index (χ4v) is 2.16. The lowest BCUT2D eigenvalue weighted by Crippen LogP contribution is -2.13. The van der Waals surface area contributed by atoms with E-state index in [9.17, 15) is 18.0 Å². The number of hydrogen-bond acceptors (Lipinski definition) is 3. The molecule has 1 amide bonds. The van der Waals surface area contributed by atoms with Crippen LogP contribution in [-0.4, -0.2) is 10.9 Å². The Balaban J connectivity index is 2.40. The van der Waals surface area contributed by atoms with Crippen LogP contribution in [-0.2, 0) is 6.18 Å². The molecule has 0 saturated carbocycles. The molecule has 1 heterocycles. The first kappa shape index (κ1) is 15.5. The molecule has 21 heavy (non-hydrogen) atoms. The average Bonchev–Trinajstić information content (AvgIpc) is 2.40. The predicted octanol–water partition coefficient (Wildman–Crippen LogP) is 3.60. The molecule has 0 saturated heterocycles. The minimum Gasteiger partial charge on any atom is -0.438 e. The molecule has 0 bridgehead atoms. The summed E-state index contributed by atoms with van der Waals surface area (Å²) in [5.74, 6) is -1.23. The van der Waals surface area contributed by atoms with Crippen molar-refractivity contribution in [2.24, 2.45) is 5.73 Å². The number of nitrogens with zero attached hydrogens (tertiary/aromatic N) is 1. The summed E-state index contributed by atoms with van der Waals surface area (Å²) in [6, 6.07) is 6.26. The molecule has 0 radical (unpaired) electrons. The molecule has 0 aliphatic heterocycles. The van der Waals surface area contributed by atoms with Gasteiger partial charge in [-0.1, -0.05) is 0 Å². The number of halogens is 4. The number of aromatic nitrogens is 1. The largest absolute Gasteiger partial charge is 0.438 e. The lowest BCUT2D eigenvalue weighted by Gasteiger charge is -2.12. The molecule has 0 aliphatic rings. The van der Waals surface area contributed by atoms with Gasteiger partial charge in [-0.15, -0.1) is 0 Å². The Morgan fingerprint density at radius 3 is 2.62 bits per heavy atom. The molecule has 4 nitrogen and oxygen atoms in total. The van der Waals surface area contributed by atoms with Gasteiger partial charge < -0.3 is 10.5 Å². The Labute approximate surface area is 131 Å². The lowest BCUT2D eigenvalue weighted by atomic mass is 10.2. The highest BCUT2D eigenvalue weighted by Crippen LogP contribution is 2.36. The number of pyridine rings is 1. The second-order valence-electron chi connectivity index (χ2n) is 3.96. The van der Waals surface area contributed by atoms with Crippen LogP contribution in [0.25, 0.3) is 0 Å². The Morgan fingerprint density at radius 2 is 2.00 bits per heavy atom. The molecule has 0 spiro atoms. The summed E-state index contributed by atoms with van der Waals surface area (Å²) in [5.41, 5.74) is 4.35. The minimum absolute atomic E-state index is 0.0495. The molecule has 2 N–H and O–H groups in total. The second kappa shape index (κ2) is 5.88. The van der Waals surface area contributed by atoms with E-state index in [1.54, 1.807) is 0 Å². The molecule has 0 fully saturated rings. The second-order valence-corrected chi connectivity index (χ2v) is 5.12. The summed E-state index contributed by atoms with van der Waals surface area (Å²) in [7, 11) is 0. The van der Waals surface area contributed by atoms with Crippen LogP contribution < -0.4 is 10.5 Å². The van der Waals surface area contributed by atoms with Crippen molar-refractivity contribution >= 4 is 28.5 Å². The number of primary amides is 1. The van der Waals surface area contributed by atoms with Gasteiger partial charge in [0.1, 0.15) is 11.3 Å². The molecule has 1 aromatic carbocycles. The number of rotatable bonds is 3. The average molecular weight is 408 g/mol. The summed E-state index contributed by atoms with van der Waals surface area (Å²) in [5, 5.41) is 0. The van der Waals surface area contributed by atoms with Crippen molar-refractivity contribution in [3.8, 4) is 11.6 Å². The molecular weight excluding hydrogens is 400 g/mol. The molecule has 2 rings (SSSR count). The smallest absolute Gasteiger partial charge is 0.421 e. The van der Waals surface area contributed by atoms with Gasteiger partial charge in [0.2, 0.25) is 11.8 Å². The van der Waals surface area contributed by atoms with Crippen LogP contribution in [0.15, 0.2) is 36.5 Å². The van der Waals surface area contributed by atoms with Crippen molar-refractivity contribution < 1.29 is 22.7 Å². The fourth-order valence-electron chi connectivity index (χ4n) is 1.56. The van der Waals surface area contributed by atoms with Crippen molar-refractivity contribution in [1.82, 2.24) is 4.98 Å². The van der Waals surface area contributed by atoms with Gasteiger partial charge in [-0.3, -0.25) is 4.79 Å². The maximum atomic E-state index is 12.8. The van der Waals surface area contributed by atoms with Gasteiger partial charge in [0.15, 0.2) is 0 Å². The van der Waals surface area contributed by atoms with E-state index in [1.165, 1.54) is 30.5 Å². The highest BCUT2D eigenvalue weighted by atomic mass is 127. The topological polar surface area (TPSA) is 65.2 Å². The van der Waals surface area contributed by atoms with Crippen LogP contribution in [0.5, 0.6) is 11.6 Å². The van der Waals surface area contributed by atoms with E-state index in [1.807, 2.05) is 22.6 Å². The highest BCUT2D eigenvalue weighted by molar-refractivity contribution is 14.1. The molecule has 2 aromatic rings. The van der Waals surface area contributed by atoms with Gasteiger partial charge in [0.05, 0.1) is 5.56 Å². The Kier molecular flexibility index (Phi) is 4.35. The predicted molar refractivity (Wildman–Crippen MR) is 77.0 cm³/mol. The number of nitrogens with two attached hydrogens (primary N) is 1. The third-order valence-electron chi connectivity index (χ3n) is 2.49.